The van der Waals surface area contributed by atoms with Crippen molar-refractivity contribution < 1.29 is 14.7 Å². The van der Waals surface area contributed by atoms with E-state index < -0.39 is 5.97 Å². The van der Waals surface area contributed by atoms with E-state index in [9.17, 15) is 9.59 Å². The van der Waals surface area contributed by atoms with E-state index in [1.54, 1.807) is 0 Å². The van der Waals surface area contributed by atoms with Crippen molar-refractivity contribution >= 4 is 12.0 Å². The molecule has 0 aliphatic heterocycles. The van der Waals surface area contributed by atoms with E-state index in [1.165, 1.54) is 17.7 Å². The predicted molar refractivity (Wildman–Crippen MR) is 69.4 cm³/mol. The molecule has 0 aromatic heterocycles. The van der Waals surface area contributed by atoms with Crippen molar-refractivity contribution in [2.45, 2.75) is 39.5 Å². The van der Waals surface area contributed by atoms with Crippen molar-refractivity contribution in [2.24, 2.45) is 11.8 Å². The Hall–Kier alpha value is -1.26. The first kappa shape index (κ1) is 14.8. The van der Waals surface area contributed by atoms with Gasteiger partial charge < -0.3 is 15.3 Å². The Bertz CT molecular complexity index is 294. The number of hydrogen-bond donors (Lipinski definition) is 2. The number of urea groups is 1. The zero-order valence-electron chi connectivity index (χ0n) is 11.3. The normalized spacial score (nSPS) is 22.8. The summed E-state index contributed by atoms with van der Waals surface area (Å²) in [7, 11) is 0. The second kappa shape index (κ2) is 7.24. The van der Waals surface area contributed by atoms with Gasteiger partial charge in [-0.3, -0.25) is 4.79 Å². The van der Waals surface area contributed by atoms with Crippen LogP contribution in [0, 0.1) is 11.8 Å². The van der Waals surface area contributed by atoms with Gasteiger partial charge in [-0.1, -0.05) is 26.7 Å². The average Bonchev–Trinajstić information content (AvgIpc) is 2.70. The second-order valence-electron chi connectivity index (χ2n) is 5.17. The first-order valence-electron chi connectivity index (χ1n) is 6.79. The first-order valence-corrected chi connectivity index (χ1v) is 6.79. The molecule has 0 spiro atoms. The summed E-state index contributed by atoms with van der Waals surface area (Å²) in [5.41, 5.74) is 0. The van der Waals surface area contributed by atoms with Crippen molar-refractivity contribution in [3.8, 4) is 0 Å². The third kappa shape index (κ3) is 4.55. The Balaban J connectivity index is 2.38. The number of carboxylic acids is 1. The van der Waals surface area contributed by atoms with E-state index in [-0.39, 0.29) is 12.6 Å². The highest BCUT2D eigenvalue weighted by atomic mass is 16.4. The van der Waals surface area contributed by atoms with E-state index in [2.05, 4.69) is 12.2 Å². The molecule has 0 bridgehead atoms. The van der Waals surface area contributed by atoms with Gasteiger partial charge in [0.25, 0.3) is 0 Å². The Morgan fingerprint density at radius 2 is 2.11 bits per heavy atom. The molecule has 2 unspecified atom stereocenters. The molecule has 1 aliphatic carbocycles. The molecule has 2 amide bonds. The van der Waals surface area contributed by atoms with Gasteiger partial charge in [0.15, 0.2) is 0 Å². The fourth-order valence-electron chi connectivity index (χ4n) is 2.54. The summed E-state index contributed by atoms with van der Waals surface area (Å²) in [6.07, 6.45) is 4.39. The highest BCUT2D eigenvalue weighted by Crippen LogP contribution is 2.30. The van der Waals surface area contributed by atoms with E-state index in [1.807, 2.05) is 6.92 Å². The van der Waals surface area contributed by atoms with E-state index in [0.29, 0.717) is 24.9 Å². The van der Waals surface area contributed by atoms with Crippen molar-refractivity contribution in [1.82, 2.24) is 10.2 Å². The van der Waals surface area contributed by atoms with Gasteiger partial charge in [-0.05, 0) is 24.7 Å². The van der Waals surface area contributed by atoms with Crippen LogP contribution in [-0.2, 0) is 4.79 Å². The highest BCUT2D eigenvalue weighted by Gasteiger charge is 2.24. The number of nitrogens with zero attached hydrogens (tertiary/aromatic N) is 1. The topological polar surface area (TPSA) is 69.6 Å². The molecule has 0 aromatic carbocycles. The minimum absolute atomic E-state index is 0.222. The van der Waals surface area contributed by atoms with Crippen LogP contribution in [0.2, 0.25) is 0 Å². The van der Waals surface area contributed by atoms with Crippen LogP contribution in [0.4, 0.5) is 4.79 Å². The maximum atomic E-state index is 11.9. The van der Waals surface area contributed by atoms with Gasteiger partial charge >= 0.3 is 12.0 Å². The molecule has 1 aliphatic rings. The van der Waals surface area contributed by atoms with Gasteiger partial charge in [0, 0.05) is 13.1 Å². The number of amides is 2. The molecule has 1 rings (SSSR count). The van der Waals surface area contributed by atoms with Crippen LogP contribution in [0.3, 0.4) is 0 Å². The third-order valence-corrected chi connectivity index (χ3v) is 3.66. The fourth-order valence-corrected chi connectivity index (χ4v) is 2.54. The minimum atomic E-state index is -0.965. The molecule has 0 radical (unpaired) electrons. The number of carbonyl (C=O) groups excluding carboxylic acids is 1. The van der Waals surface area contributed by atoms with Gasteiger partial charge in [-0.2, -0.15) is 0 Å². The second-order valence-corrected chi connectivity index (χ2v) is 5.17. The summed E-state index contributed by atoms with van der Waals surface area (Å²) in [5.74, 6) is 0.236. The van der Waals surface area contributed by atoms with Gasteiger partial charge in [0.05, 0.1) is 0 Å². The SMILES string of the molecule is CCCN(CC(=O)O)C(=O)NCC1CCCC1C. The first-order chi connectivity index (χ1) is 8.54. The Morgan fingerprint density at radius 1 is 1.39 bits per heavy atom. The quantitative estimate of drug-likeness (QED) is 0.763. The Labute approximate surface area is 109 Å². The molecule has 18 heavy (non-hydrogen) atoms. The maximum absolute atomic E-state index is 11.9. The third-order valence-electron chi connectivity index (χ3n) is 3.66. The van der Waals surface area contributed by atoms with Crippen LogP contribution in [0.1, 0.15) is 39.5 Å². The summed E-state index contributed by atoms with van der Waals surface area (Å²) in [6.45, 7) is 5.07. The molecule has 2 atom stereocenters. The minimum Gasteiger partial charge on any atom is -0.480 e. The Morgan fingerprint density at radius 3 is 2.61 bits per heavy atom. The lowest BCUT2D eigenvalue weighted by Gasteiger charge is -2.23. The number of rotatable bonds is 6. The van der Waals surface area contributed by atoms with Crippen LogP contribution in [-0.4, -0.2) is 41.6 Å². The smallest absolute Gasteiger partial charge is 0.323 e. The summed E-state index contributed by atoms with van der Waals surface area (Å²) >= 11 is 0. The molecule has 104 valence electrons. The largest absolute Gasteiger partial charge is 0.480 e. The Kier molecular flexibility index (Phi) is 5.95. The molecule has 0 heterocycles. The van der Waals surface area contributed by atoms with E-state index >= 15 is 0 Å². The van der Waals surface area contributed by atoms with Gasteiger partial charge in [-0.15, -0.1) is 0 Å². The molecule has 0 saturated heterocycles. The average molecular weight is 256 g/mol. The van der Waals surface area contributed by atoms with E-state index in [4.69, 9.17) is 5.11 Å². The lowest BCUT2D eigenvalue weighted by atomic mass is 9.98. The van der Waals surface area contributed by atoms with Crippen LogP contribution in [0.25, 0.3) is 0 Å². The number of carboxylic acid groups (broad SMARTS) is 1. The summed E-state index contributed by atoms with van der Waals surface area (Å²) in [5, 5.41) is 11.6. The summed E-state index contributed by atoms with van der Waals surface area (Å²) in [4.78, 5) is 23.9. The van der Waals surface area contributed by atoms with Crippen LogP contribution in [0.15, 0.2) is 0 Å². The maximum Gasteiger partial charge on any atom is 0.323 e. The summed E-state index contributed by atoms with van der Waals surface area (Å²) in [6, 6.07) is -0.252. The zero-order valence-corrected chi connectivity index (χ0v) is 11.3. The molecule has 2 N–H and O–H groups in total. The number of hydrogen-bond acceptors (Lipinski definition) is 2. The highest BCUT2D eigenvalue weighted by molar-refractivity contribution is 5.80. The number of nitrogens with one attached hydrogen (secondary N) is 1. The molecular formula is C13H24N2O3. The predicted octanol–water partition coefficient (Wildman–Crippen LogP) is 1.93. The molecular weight excluding hydrogens is 232 g/mol. The van der Waals surface area contributed by atoms with Gasteiger partial charge in [0.1, 0.15) is 6.54 Å². The van der Waals surface area contributed by atoms with Crippen LogP contribution < -0.4 is 5.32 Å². The monoisotopic (exact) mass is 256 g/mol. The zero-order chi connectivity index (χ0) is 13.5. The molecule has 1 saturated carbocycles. The van der Waals surface area contributed by atoms with Crippen LogP contribution >= 0.6 is 0 Å². The molecule has 5 nitrogen and oxygen atoms in total. The van der Waals surface area contributed by atoms with E-state index in [0.717, 1.165) is 12.8 Å². The van der Waals surface area contributed by atoms with Gasteiger partial charge in [0.2, 0.25) is 0 Å². The van der Waals surface area contributed by atoms with Crippen molar-refractivity contribution in [3.63, 3.8) is 0 Å². The fraction of sp³-hybridized carbons (Fsp3) is 0.846. The molecule has 1 fully saturated rings. The number of aliphatic carboxylic acids is 1. The lowest BCUT2D eigenvalue weighted by Crippen LogP contribution is -2.44. The van der Waals surface area contributed by atoms with Crippen molar-refractivity contribution in [3.05, 3.63) is 0 Å². The van der Waals surface area contributed by atoms with Gasteiger partial charge in [-0.25, -0.2) is 4.79 Å². The molecule has 0 aromatic rings. The van der Waals surface area contributed by atoms with Crippen molar-refractivity contribution in [2.75, 3.05) is 19.6 Å². The lowest BCUT2D eigenvalue weighted by molar-refractivity contribution is -0.137. The standard InChI is InChI=1S/C13H24N2O3/c1-3-7-15(9-12(16)17)13(18)14-8-11-6-4-5-10(11)2/h10-11H,3-9H2,1-2H3,(H,14,18)(H,16,17). The molecule has 5 heteroatoms. The summed E-state index contributed by atoms with van der Waals surface area (Å²) < 4.78 is 0. The van der Waals surface area contributed by atoms with Crippen LogP contribution in [0.5, 0.6) is 0 Å². The van der Waals surface area contributed by atoms with Crippen molar-refractivity contribution in [1.29, 1.82) is 0 Å². The number of carbonyl (C=O) groups is 2.